The first-order valence-corrected chi connectivity index (χ1v) is 8.18. The molecule has 0 fully saturated rings. The SMILES string of the molecule is Cc1cc(C(N)=O)c(NC(=O)C(C)Oc2ccc(Cl)cc2Cl)s1. The maximum absolute atomic E-state index is 12.2. The molecule has 8 heteroatoms. The number of hydrogen-bond donors (Lipinski definition) is 2. The van der Waals surface area contributed by atoms with Crippen LogP contribution in [0.15, 0.2) is 24.3 Å². The highest BCUT2D eigenvalue weighted by Gasteiger charge is 2.20. The van der Waals surface area contributed by atoms with Gasteiger partial charge in [-0.1, -0.05) is 23.2 Å². The molecule has 0 bridgehead atoms. The van der Waals surface area contributed by atoms with Crippen LogP contribution in [0.1, 0.15) is 22.2 Å². The summed E-state index contributed by atoms with van der Waals surface area (Å²) >= 11 is 13.1. The predicted octanol–water partition coefficient (Wildman–Crippen LogP) is 3.87. The summed E-state index contributed by atoms with van der Waals surface area (Å²) < 4.78 is 5.53. The van der Waals surface area contributed by atoms with Crippen molar-refractivity contribution in [2.45, 2.75) is 20.0 Å². The number of hydrogen-bond acceptors (Lipinski definition) is 4. The summed E-state index contributed by atoms with van der Waals surface area (Å²) in [4.78, 5) is 24.5. The molecule has 0 spiro atoms. The Balaban J connectivity index is 2.10. The Bertz CT molecular complexity index is 761. The molecule has 1 heterocycles. The van der Waals surface area contributed by atoms with Gasteiger partial charge in [0.15, 0.2) is 6.10 Å². The number of thiophene rings is 1. The number of carbonyl (C=O) groups is 2. The molecule has 1 unspecified atom stereocenters. The second kappa shape index (κ2) is 7.21. The fraction of sp³-hybridized carbons (Fsp3) is 0.200. The number of halogens is 2. The molecule has 2 rings (SSSR count). The molecule has 1 atom stereocenters. The quantitative estimate of drug-likeness (QED) is 0.835. The molecule has 0 aliphatic rings. The van der Waals surface area contributed by atoms with Gasteiger partial charge in [0.1, 0.15) is 10.8 Å². The Morgan fingerprint density at radius 1 is 1.30 bits per heavy atom. The Morgan fingerprint density at radius 2 is 2.00 bits per heavy atom. The lowest BCUT2D eigenvalue weighted by molar-refractivity contribution is -0.122. The minimum atomic E-state index is -0.822. The number of carbonyl (C=O) groups excluding carboxylic acids is 2. The van der Waals surface area contributed by atoms with E-state index < -0.39 is 17.9 Å². The Morgan fingerprint density at radius 3 is 2.61 bits per heavy atom. The summed E-state index contributed by atoms with van der Waals surface area (Å²) in [5.41, 5.74) is 5.57. The number of nitrogens with two attached hydrogens (primary N) is 1. The third kappa shape index (κ3) is 4.37. The summed E-state index contributed by atoms with van der Waals surface area (Å²) in [6.45, 7) is 3.39. The molecule has 0 radical (unpaired) electrons. The molecule has 5 nitrogen and oxygen atoms in total. The molecular formula is C15H14Cl2N2O3S. The molecule has 1 aromatic carbocycles. The van der Waals surface area contributed by atoms with Gasteiger partial charge in [0.2, 0.25) is 0 Å². The number of amides is 2. The third-order valence-corrected chi connectivity index (χ3v) is 4.42. The van der Waals surface area contributed by atoms with E-state index >= 15 is 0 Å². The van der Waals surface area contributed by atoms with E-state index in [0.717, 1.165) is 4.88 Å². The van der Waals surface area contributed by atoms with Gasteiger partial charge in [-0.25, -0.2) is 0 Å². The lowest BCUT2D eigenvalue weighted by Crippen LogP contribution is -2.30. The van der Waals surface area contributed by atoms with Gasteiger partial charge in [-0.3, -0.25) is 9.59 Å². The molecule has 2 aromatic rings. The summed E-state index contributed by atoms with van der Waals surface area (Å²) in [5, 5.41) is 3.83. The summed E-state index contributed by atoms with van der Waals surface area (Å²) in [5.74, 6) is -0.671. The zero-order chi connectivity index (χ0) is 17.1. The van der Waals surface area contributed by atoms with E-state index in [4.69, 9.17) is 33.7 Å². The molecule has 23 heavy (non-hydrogen) atoms. The van der Waals surface area contributed by atoms with Crippen molar-refractivity contribution in [3.8, 4) is 5.75 Å². The van der Waals surface area contributed by atoms with Crippen LogP contribution in [0.5, 0.6) is 5.75 Å². The van der Waals surface area contributed by atoms with Crippen LogP contribution < -0.4 is 15.8 Å². The van der Waals surface area contributed by atoms with E-state index in [1.165, 1.54) is 17.4 Å². The highest BCUT2D eigenvalue weighted by molar-refractivity contribution is 7.16. The largest absolute Gasteiger partial charge is 0.479 e. The van der Waals surface area contributed by atoms with Gasteiger partial charge >= 0.3 is 0 Å². The third-order valence-electron chi connectivity index (χ3n) is 2.92. The van der Waals surface area contributed by atoms with E-state index in [1.807, 2.05) is 6.92 Å². The van der Waals surface area contributed by atoms with Gasteiger partial charge in [0.25, 0.3) is 11.8 Å². The molecule has 0 aliphatic heterocycles. The van der Waals surface area contributed by atoms with E-state index in [1.54, 1.807) is 25.1 Å². The fourth-order valence-electron chi connectivity index (χ4n) is 1.82. The van der Waals surface area contributed by atoms with Gasteiger partial charge in [0.05, 0.1) is 10.6 Å². The van der Waals surface area contributed by atoms with Crippen molar-refractivity contribution >= 4 is 51.4 Å². The Kier molecular flexibility index (Phi) is 5.51. The molecular weight excluding hydrogens is 359 g/mol. The van der Waals surface area contributed by atoms with E-state index in [2.05, 4.69) is 5.32 Å². The monoisotopic (exact) mass is 372 g/mol. The van der Waals surface area contributed by atoms with Gasteiger partial charge in [0, 0.05) is 9.90 Å². The van der Waals surface area contributed by atoms with Gasteiger partial charge in [-0.15, -0.1) is 11.3 Å². The number of ether oxygens (including phenoxy) is 1. The number of anilines is 1. The van der Waals surface area contributed by atoms with E-state index in [0.29, 0.717) is 20.8 Å². The molecule has 0 aliphatic carbocycles. The van der Waals surface area contributed by atoms with Crippen LogP contribution in [0.2, 0.25) is 10.0 Å². The maximum atomic E-state index is 12.2. The Labute approximate surface area is 147 Å². The van der Waals surface area contributed by atoms with Crippen molar-refractivity contribution in [2.75, 3.05) is 5.32 Å². The van der Waals surface area contributed by atoms with Crippen LogP contribution in [0.25, 0.3) is 0 Å². The molecule has 122 valence electrons. The first kappa shape index (κ1) is 17.6. The second-order valence-corrected chi connectivity index (χ2v) is 6.89. The van der Waals surface area contributed by atoms with Crippen LogP contribution in [0.4, 0.5) is 5.00 Å². The average molecular weight is 373 g/mol. The zero-order valence-electron chi connectivity index (χ0n) is 12.4. The predicted molar refractivity (Wildman–Crippen MR) is 92.8 cm³/mol. The van der Waals surface area contributed by atoms with Gasteiger partial charge < -0.3 is 15.8 Å². The summed E-state index contributed by atoms with van der Waals surface area (Å²) in [6.07, 6.45) is -0.822. The molecule has 3 N–H and O–H groups in total. The number of rotatable bonds is 5. The van der Waals surface area contributed by atoms with Crippen molar-refractivity contribution in [1.82, 2.24) is 0 Å². The lowest BCUT2D eigenvalue weighted by atomic mass is 10.2. The maximum Gasteiger partial charge on any atom is 0.265 e. The van der Waals surface area contributed by atoms with Gasteiger partial charge in [-0.2, -0.15) is 0 Å². The lowest BCUT2D eigenvalue weighted by Gasteiger charge is -2.15. The molecule has 2 amide bonds. The van der Waals surface area contributed by atoms with Crippen molar-refractivity contribution in [1.29, 1.82) is 0 Å². The second-order valence-electron chi connectivity index (χ2n) is 4.79. The minimum absolute atomic E-state index is 0.276. The highest BCUT2D eigenvalue weighted by Crippen LogP contribution is 2.30. The van der Waals surface area contributed by atoms with Crippen molar-refractivity contribution in [3.63, 3.8) is 0 Å². The topological polar surface area (TPSA) is 81.4 Å². The normalized spacial score (nSPS) is 11.8. The van der Waals surface area contributed by atoms with E-state index in [9.17, 15) is 9.59 Å². The first-order chi connectivity index (χ1) is 10.8. The van der Waals surface area contributed by atoms with E-state index in [-0.39, 0.29) is 5.56 Å². The number of aryl methyl sites for hydroxylation is 1. The van der Waals surface area contributed by atoms with Crippen LogP contribution >= 0.6 is 34.5 Å². The van der Waals surface area contributed by atoms with Gasteiger partial charge in [-0.05, 0) is 38.1 Å². The summed E-state index contributed by atoms with van der Waals surface area (Å²) in [7, 11) is 0. The fourth-order valence-corrected chi connectivity index (χ4v) is 3.19. The summed E-state index contributed by atoms with van der Waals surface area (Å²) in [6, 6.07) is 6.35. The van der Waals surface area contributed by atoms with Crippen LogP contribution in [-0.4, -0.2) is 17.9 Å². The number of primary amides is 1. The molecule has 0 saturated heterocycles. The highest BCUT2D eigenvalue weighted by atomic mass is 35.5. The number of nitrogens with one attached hydrogen (secondary N) is 1. The number of benzene rings is 1. The molecule has 0 saturated carbocycles. The smallest absolute Gasteiger partial charge is 0.265 e. The van der Waals surface area contributed by atoms with Crippen LogP contribution in [-0.2, 0) is 4.79 Å². The first-order valence-electron chi connectivity index (χ1n) is 6.60. The zero-order valence-corrected chi connectivity index (χ0v) is 14.7. The molecule has 1 aromatic heterocycles. The van der Waals surface area contributed by atoms with Crippen LogP contribution in [0, 0.1) is 6.92 Å². The van der Waals surface area contributed by atoms with Crippen LogP contribution in [0.3, 0.4) is 0 Å². The Hall–Kier alpha value is -1.76. The average Bonchev–Trinajstić information content (AvgIpc) is 2.82. The van der Waals surface area contributed by atoms with Crippen molar-refractivity contribution < 1.29 is 14.3 Å². The van der Waals surface area contributed by atoms with Crippen molar-refractivity contribution in [3.05, 3.63) is 44.8 Å². The minimum Gasteiger partial charge on any atom is -0.479 e. The standard InChI is InChI=1S/C15H14Cl2N2O3S/c1-7-5-10(13(18)20)15(23-7)19-14(21)8(2)22-12-4-3-9(16)6-11(12)17/h3-6,8H,1-2H3,(H2,18,20)(H,19,21). The van der Waals surface area contributed by atoms with Crippen molar-refractivity contribution in [2.24, 2.45) is 5.73 Å².